The van der Waals surface area contributed by atoms with Gasteiger partial charge in [-0.25, -0.2) is 0 Å². The standard InChI is InChI=1S/C9H15N3/c1-3-12-7(2)8-4-5-10-6-9(8)11-12/h10H,3-6H2,1-2H3. The highest BCUT2D eigenvalue weighted by Gasteiger charge is 2.16. The van der Waals surface area contributed by atoms with Gasteiger partial charge in [-0.1, -0.05) is 0 Å². The Hall–Kier alpha value is -0.830. The second kappa shape index (κ2) is 2.90. The molecule has 1 aliphatic rings. The second-order valence-electron chi connectivity index (χ2n) is 3.25. The van der Waals surface area contributed by atoms with Gasteiger partial charge in [0.2, 0.25) is 0 Å². The average molecular weight is 165 g/mol. The molecule has 1 aliphatic heterocycles. The van der Waals surface area contributed by atoms with E-state index in [9.17, 15) is 0 Å². The van der Waals surface area contributed by atoms with Crippen molar-refractivity contribution < 1.29 is 0 Å². The molecule has 1 aromatic rings. The molecule has 0 radical (unpaired) electrons. The Kier molecular flexibility index (Phi) is 1.89. The van der Waals surface area contributed by atoms with Crippen LogP contribution in [0.1, 0.15) is 23.9 Å². The van der Waals surface area contributed by atoms with Crippen molar-refractivity contribution in [3.63, 3.8) is 0 Å². The maximum atomic E-state index is 4.52. The molecule has 0 atom stereocenters. The normalized spacial score (nSPS) is 16.2. The first kappa shape index (κ1) is 7.80. The summed E-state index contributed by atoms with van der Waals surface area (Å²) < 4.78 is 2.09. The van der Waals surface area contributed by atoms with Gasteiger partial charge in [0.25, 0.3) is 0 Å². The third-order valence-electron chi connectivity index (χ3n) is 2.56. The first-order valence-electron chi connectivity index (χ1n) is 4.58. The SMILES string of the molecule is CCn1nc2c(c1C)CCNC2. The predicted molar refractivity (Wildman–Crippen MR) is 48.0 cm³/mol. The van der Waals surface area contributed by atoms with Gasteiger partial charge in [0.05, 0.1) is 5.69 Å². The minimum atomic E-state index is 0.948. The van der Waals surface area contributed by atoms with Crippen LogP contribution < -0.4 is 5.32 Å². The van der Waals surface area contributed by atoms with Gasteiger partial charge < -0.3 is 5.32 Å². The van der Waals surface area contributed by atoms with Gasteiger partial charge in [-0.3, -0.25) is 4.68 Å². The van der Waals surface area contributed by atoms with E-state index in [1.807, 2.05) is 0 Å². The summed E-state index contributed by atoms with van der Waals surface area (Å²) in [6, 6.07) is 0. The Morgan fingerprint density at radius 2 is 2.42 bits per heavy atom. The number of nitrogens with one attached hydrogen (secondary N) is 1. The molecule has 0 fully saturated rings. The monoisotopic (exact) mass is 165 g/mol. The number of hydrogen-bond donors (Lipinski definition) is 1. The van der Waals surface area contributed by atoms with E-state index >= 15 is 0 Å². The molecule has 12 heavy (non-hydrogen) atoms. The van der Waals surface area contributed by atoms with Gasteiger partial charge in [-0.15, -0.1) is 0 Å². The zero-order valence-corrected chi connectivity index (χ0v) is 7.72. The molecule has 66 valence electrons. The molecule has 0 spiro atoms. The van der Waals surface area contributed by atoms with Crippen molar-refractivity contribution in [2.75, 3.05) is 6.54 Å². The van der Waals surface area contributed by atoms with Crippen molar-refractivity contribution in [2.45, 2.75) is 33.4 Å². The molecular weight excluding hydrogens is 150 g/mol. The number of nitrogens with zero attached hydrogens (tertiary/aromatic N) is 2. The summed E-state index contributed by atoms with van der Waals surface area (Å²) in [4.78, 5) is 0. The topological polar surface area (TPSA) is 29.9 Å². The molecule has 1 aromatic heterocycles. The molecule has 0 amide bonds. The Balaban J connectivity index is 2.44. The number of fused-ring (bicyclic) bond motifs is 1. The number of aryl methyl sites for hydroxylation is 1. The third kappa shape index (κ3) is 1.05. The van der Waals surface area contributed by atoms with Crippen LogP contribution in [0, 0.1) is 6.92 Å². The lowest BCUT2D eigenvalue weighted by molar-refractivity contribution is 0.605. The van der Waals surface area contributed by atoms with Crippen LogP contribution in [0.25, 0.3) is 0 Å². The van der Waals surface area contributed by atoms with E-state index in [1.54, 1.807) is 0 Å². The van der Waals surface area contributed by atoms with Gasteiger partial charge in [-0.2, -0.15) is 5.10 Å². The summed E-state index contributed by atoms with van der Waals surface area (Å²) in [5, 5.41) is 7.85. The molecule has 0 bridgehead atoms. The molecule has 3 heteroatoms. The molecule has 2 rings (SSSR count). The molecule has 1 N–H and O–H groups in total. The lowest BCUT2D eigenvalue weighted by Gasteiger charge is -2.10. The Morgan fingerprint density at radius 3 is 3.08 bits per heavy atom. The highest BCUT2D eigenvalue weighted by molar-refractivity contribution is 5.27. The fourth-order valence-electron chi connectivity index (χ4n) is 1.84. The van der Waals surface area contributed by atoms with E-state index in [0.29, 0.717) is 0 Å². The zero-order valence-electron chi connectivity index (χ0n) is 7.72. The summed E-state index contributed by atoms with van der Waals surface area (Å²) in [6.45, 7) is 7.34. The number of rotatable bonds is 1. The van der Waals surface area contributed by atoms with Crippen molar-refractivity contribution in [3.8, 4) is 0 Å². The number of hydrogen-bond acceptors (Lipinski definition) is 2. The average Bonchev–Trinajstić information content (AvgIpc) is 2.44. The molecule has 0 aliphatic carbocycles. The van der Waals surface area contributed by atoms with Gasteiger partial charge in [0.1, 0.15) is 0 Å². The fraction of sp³-hybridized carbons (Fsp3) is 0.667. The summed E-state index contributed by atoms with van der Waals surface area (Å²) in [6.07, 6.45) is 1.14. The van der Waals surface area contributed by atoms with Crippen molar-refractivity contribution in [1.82, 2.24) is 15.1 Å². The maximum Gasteiger partial charge on any atom is 0.0797 e. The lowest BCUT2D eigenvalue weighted by Crippen LogP contribution is -2.23. The van der Waals surface area contributed by atoms with E-state index in [1.165, 1.54) is 17.0 Å². The van der Waals surface area contributed by atoms with Crippen LogP contribution in [-0.2, 0) is 19.5 Å². The van der Waals surface area contributed by atoms with Crippen LogP contribution in [0.5, 0.6) is 0 Å². The Labute approximate surface area is 72.8 Å². The van der Waals surface area contributed by atoms with E-state index in [-0.39, 0.29) is 0 Å². The van der Waals surface area contributed by atoms with E-state index < -0.39 is 0 Å². The van der Waals surface area contributed by atoms with Gasteiger partial charge in [0.15, 0.2) is 0 Å². The van der Waals surface area contributed by atoms with Gasteiger partial charge >= 0.3 is 0 Å². The number of aromatic nitrogens is 2. The Morgan fingerprint density at radius 1 is 1.58 bits per heavy atom. The molecule has 2 heterocycles. The summed E-state index contributed by atoms with van der Waals surface area (Å²) in [5.74, 6) is 0. The van der Waals surface area contributed by atoms with Crippen LogP contribution in [0.15, 0.2) is 0 Å². The van der Waals surface area contributed by atoms with Crippen LogP contribution >= 0.6 is 0 Å². The van der Waals surface area contributed by atoms with Crippen molar-refractivity contribution in [3.05, 3.63) is 17.0 Å². The summed E-state index contributed by atoms with van der Waals surface area (Å²) in [5.41, 5.74) is 4.07. The minimum absolute atomic E-state index is 0.948. The van der Waals surface area contributed by atoms with Crippen molar-refractivity contribution >= 4 is 0 Å². The molecular formula is C9H15N3. The lowest BCUT2D eigenvalue weighted by atomic mass is 10.1. The Bertz CT molecular complexity index is 288. The first-order chi connectivity index (χ1) is 5.83. The molecule has 0 unspecified atom stereocenters. The quantitative estimate of drug-likeness (QED) is 0.668. The van der Waals surface area contributed by atoms with Crippen LogP contribution in [0.2, 0.25) is 0 Å². The van der Waals surface area contributed by atoms with Crippen molar-refractivity contribution in [1.29, 1.82) is 0 Å². The second-order valence-corrected chi connectivity index (χ2v) is 3.25. The first-order valence-corrected chi connectivity index (χ1v) is 4.58. The van der Waals surface area contributed by atoms with E-state index in [2.05, 4.69) is 28.9 Å². The fourth-order valence-corrected chi connectivity index (χ4v) is 1.84. The summed E-state index contributed by atoms with van der Waals surface area (Å²) in [7, 11) is 0. The largest absolute Gasteiger partial charge is 0.311 e. The van der Waals surface area contributed by atoms with Crippen LogP contribution in [-0.4, -0.2) is 16.3 Å². The predicted octanol–water partition coefficient (Wildman–Crippen LogP) is 0.857. The van der Waals surface area contributed by atoms with Gasteiger partial charge in [0, 0.05) is 18.8 Å². The highest BCUT2D eigenvalue weighted by atomic mass is 15.3. The van der Waals surface area contributed by atoms with Crippen molar-refractivity contribution in [2.24, 2.45) is 0 Å². The summed E-state index contributed by atoms with van der Waals surface area (Å²) >= 11 is 0. The highest BCUT2D eigenvalue weighted by Crippen LogP contribution is 2.16. The smallest absolute Gasteiger partial charge is 0.0797 e. The van der Waals surface area contributed by atoms with Crippen LogP contribution in [0.3, 0.4) is 0 Å². The van der Waals surface area contributed by atoms with E-state index in [4.69, 9.17) is 0 Å². The third-order valence-corrected chi connectivity index (χ3v) is 2.56. The maximum absolute atomic E-state index is 4.52. The zero-order chi connectivity index (χ0) is 8.55. The molecule has 0 saturated heterocycles. The van der Waals surface area contributed by atoms with E-state index in [0.717, 1.165) is 26.1 Å². The van der Waals surface area contributed by atoms with Crippen LogP contribution in [0.4, 0.5) is 0 Å². The molecule has 0 saturated carbocycles. The minimum Gasteiger partial charge on any atom is -0.311 e. The molecule has 0 aromatic carbocycles. The van der Waals surface area contributed by atoms with Gasteiger partial charge in [-0.05, 0) is 32.4 Å². The molecule has 3 nitrogen and oxygen atoms in total.